The average molecular weight is 386 g/mol. The van der Waals surface area contributed by atoms with E-state index in [-0.39, 0.29) is 24.1 Å². The summed E-state index contributed by atoms with van der Waals surface area (Å²) in [5, 5.41) is 0. The first-order valence-corrected chi connectivity index (χ1v) is 8.90. The molecule has 0 bridgehead atoms. The van der Waals surface area contributed by atoms with Crippen LogP contribution in [0.1, 0.15) is 5.56 Å². The van der Waals surface area contributed by atoms with E-state index in [1.54, 1.807) is 23.1 Å². The fourth-order valence-corrected chi connectivity index (χ4v) is 2.92. The molecule has 5 nitrogen and oxygen atoms in total. The maximum absolute atomic E-state index is 13.8. The van der Waals surface area contributed by atoms with Crippen molar-refractivity contribution in [1.82, 2.24) is 4.90 Å². The molecule has 1 aliphatic rings. The fraction of sp³-hybridized carbons (Fsp3) is 0.238. The van der Waals surface area contributed by atoms with Crippen LogP contribution in [0.2, 0.25) is 0 Å². The minimum Gasteiger partial charge on any atom is -0.452 e. The number of para-hydroxylation sites is 1. The first kappa shape index (κ1) is 19.5. The van der Waals surface area contributed by atoms with Crippen molar-refractivity contribution in [2.75, 3.05) is 37.7 Å². The molecular formula is C21H20F2N2O3. The van der Waals surface area contributed by atoms with Crippen molar-refractivity contribution in [2.24, 2.45) is 0 Å². The molecular weight excluding hydrogens is 366 g/mol. The van der Waals surface area contributed by atoms with Crippen LogP contribution in [0.4, 0.5) is 14.5 Å². The minimum absolute atomic E-state index is 0.288. The van der Waals surface area contributed by atoms with Gasteiger partial charge in [0.1, 0.15) is 11.6 Å². The second-order valence-electron chi connectivity index (χ2n) is 6.31. The number of carbonyl (C=O) groups excluding carboxylic acids is 2. The highest BCUT2D eigenvalue weighted by Crippen LogP contribution is 2.20. The second kappa shape index (κ2) is 9.12. The smallest absolute Gasteiger partial charge is 0.331 e. The number of amides is 1. The molecule has 7 heteroatoms. The van der Waals surface area contributed by atoms with Gasteiger partial charge in [0.25, 0.3) is 5.91 Å². The van der Waals surface area contributed by atoms with Crippen LogP contribution in [-0.2, 0) is 14.3 Å². The van der Waals surface area contributed by atoms with Gasteiger partial charge in [-0.15, -0.1) is 0 Å². The number of rotatable bonds is 5. The van der Waals surface area contributed by atoms with Gasteiger partial charge >= 0.3 is 5.97 Å². The van der Waals surface area contributed by atoms with Gasteiger partial charge in [0.15, 0.2) is 6.61 Å². The molecule has 2 aromatic rings. The molecule has 2 aromatic carbocycles. The van der Waals surface area contributed by atoms with E-state index < -0.39 is 5.97 Å². The van der Waals surface area contributed by atoms with Crippen molar-refractivity contribution in [3.8, 4) is 0 Å². The van der Waals surface area contributed by atoms with Gasteiger partial charge in [-0.2, -0.15) is 0 Å². The molecule has 0 unspecified atom stereocenters. The van der Waals surface area contributed by atoms with Crippen molar-refractivity contribution in [1.29, 1.82) is 0 Å². The van der Waals surface area contributed by atoms with Gasteiger partial charge in [0.2, 0.25) is 0 Å². The molecule has 0 atom stereocenters. The molecule has 28 heavy (non-hydrogen) atoms. The molecule has 1 amide bonds. The van der Waals surface area contributed by atoms with Crippen LogP contribution in [0.25, 0.3) is 6.08 Å². The van der Waals surface area contributed by atoms with Gasteiger partial charge in [-0.05, 0) is 35.9 Å². The number of hydrogen-bond acceptors (Lipinski definition) is 4. The number of piperazine rings is 1. The summed E-state index contributed by atoms with van der Waals surface area (Å²) in [4.78, 5) is 27.4. The lowest BCUT2D eigenvalue weighted by Crippen LogP contribution is -2.50. The Morgan fingerprint density at radius 3 is 2.32 bits per heavy atom. The van der Waals surface area contributed by atoms with Gasteiger partial charge in [0.05, 0.1) is 5.69 Å². The van der Waals surface area contributed by atoms with Crippen LogP contribution in [-0.4, -0.2) is 49.6 Å². The van der Waals surface area contributed by atoms with E-state index in [0.717, 1.165) is 0 Å². The summed E-state index contributed by atoms with van der Waals surface area (Å²) in [6, 6.07) is 12.2. The summed E-state index contributed by atoms with van der Waals surface area (Å²) in [6.45, 7) is 1.51. The summed E-state index contributed by atoms with van der Waals surface area (Å²) in [5.41, 5.74) is 1.17. The lowest BCUT2D eigenvalue weighted by molar-refractivity contribution is -0.148. The predicted molar refractivity (Wildman–Crippen MR) is 102 cm³/mol. The van der Waals surface area contributed by atoms with Gasteiger partial charge < -0.3 is 14.5 Å². The SMILES string of the molecule is O=C(/C=C/c1ccc(F)cc1)OCC(=O)N1CCN(c2ccccc2F)CC1. The topological polar surface area (TPSA) is 49.9 Å². The highest BCUT2D eigenvalue weighted by Gasteiger charge is 2.23. The van der Waals surface area contributed by atoms with Gasteiger partial charge in [0, 0.05) is 32.3 Å². The molecule has 3 rings (SSSR count). The molecule has 146 valence electrons. The zero-order chi connectivity index (χ0) is 19.9. The Morgan fingerprint density at radius 1 is 0.964 bits per heavy atom. The maximum Gasteiger partial charge on any atom is 0.331 e. The summed E-state index contributed by atoms with van der Waals surface area (Å²) in [5.74, 6) is -1.59. The fourth-order valence-electron chi connectivity index (χ4n) is 2.92. The lowest BCUT2D eigenvalue weighted by Gasteiger charge is -2.36. The molecule has 1 fully saturated rings. The minimum atomic E-state index is -0.650. The molecule has 0 spiro atoms. The summed E-state index contributed by atoms with van der Waals surface area (Å²) < 4.78 is 31.7. The lowest BCUT2D eigenvalue weighted by atomic mass is 10.2. The molecule has 0 aliphatic carbocycles. The Bertz CT molecular complexity index is 860. The van der Waals surface area contributed by atoms with E-state index in [0.29, 0.717) is 37.4 Å². The van der Waals surface area contributed by atoms with Crippen molar-refractivity contribution in [3.63, 3.8) is 0 Å². The number of halogens is 2. The van der Waals surface area contributed by atoms with E-state index >= 15 is 0 Å². The number of esters is 1. The van der Waals surface area contributed by atoms with Gasteiger partial charge in [-0.3, -0.25) is 4.79 Å². The maximum atomic E-state index is 13.8. The Kier molecular flexibility index (Phi) is 6.37. The van der Waals surface area contributed by atoms with Gasteiger partial charge in [-0.1, -0.05) is 24.3 Å². The van der Waals surface area contributed by atoms with Crippen molar-refractivity contribution in [2.45, 2.75) is 0 Å². The number of ether oxygens (including phenoxy) is 1. The van der Waals surface area contributed by atoms with Crippen LogP contribution < -0.4 is 4.90 Å². The average Bonchev–Trinajstić information content (AvgIpc) is 2.72. The molecule has 1 aliphatic heterocycles. The number of anilines is 1. The Morgan fingerprint density at radius 2 is 1.64 bits per heavy atom. The number of nitrogens with zero attached hydrogens (tertiary/aromatic N) is 2. The molecule has 0 aromatic heterocycles. The Labute approximate surface area is 161 Å². The third-order valence-electron chi connectivity index (χ3n) is 4.45. The molecule has 0 saturated carbocycles. The van der Waals surface area contributed by atoms with Crippen LogP contribution >= 0.6 is 0 Å². The van der Waals surface area contributed by atoms with Crippen LogP contribution in [0.15, 0.2) is 54.6 Å². The van der Waals surface area contributed by atoms with Crippen LogP contribution in [0, 0.1) is 11.6 Å². The van der Waals surface area contributed by atoms with Crippen molar-refractivity contribution >= 4 is 23.6 Å². The monoisotopic (exact) mass is 386 g/mol. The zero-order valence-corrected chi connectivity index (χ0v) is 15.2. The quantitative estimate of drug-likeness (QED) is 0.586. The van der Waals surface area contributed by atoms with Crippen molar-refractivity contribution < 1.29 is 23.1 Å². The Balaban J connectivity index is 1.43. The third kappa shape index (κ3) is 5.16. The highest BCUT2D eigenvalue weighted by molar-refractivity contribution is 5.89. The van der Waals surface area contributed by atoms with E-state index in [1.165, 1.54) is 42.5 Å². The van der Waals surface area contributed by atoms with Crippen LogP contribution in [0.3, 0.4) is 0 Å². The largest absolute Gasteiger partial charge is 0.452 e. The normalized spacial score (nSPS) is 14.4. The molecule has 0 N–H and O–H groups in total. The first-order chi connectivity index (χ1) is 13.5. The Hall–Kier alpha value is -3.22. The molecule has 0 radical (unpaired) electrons. The summed E-state index contributed by atoms with van der Waals surface area (Å²) in [6.07, 6.45) is 2.68. The number of carbonyl (C=O) groups is 2. The third-order valence-corrected chi connectivity index (χ3v) is 4.45. The van der Waals surface area contributed by atoms with E-state index in [4.69, 9.17) is 4.74 Å². The molecule has 1 saturated heterocycles. The van der Waals surface area contributed by atoms with E-state index in [1.807, 2.05) is 4.90 Å². The predicted octanol–water partition coefficient (Wildman–Crippen LogP) is 2.87. The number of benzene rings is 2. The van der Waals surface area contributed by atoms with Crippen molar-refractivity contribution in [3.05, 3.63) is 71.8 Å². The number of hydrogen-bond donors (Lipinski definition) is 0. The summed E-state index contributed by atoms with van der Waals surface area (Å²) >= 11 is 0. The van der Waals surface area contributed by atoms with Gasteiger partial charge in [-0.25, -0.2) is 13.6 Å². The standard InChI is InChI=1S/C21H20F2N2O3/c22-17-8-5-16(6-9-17)7-10-21(27)28-15-20(26)25-13-11-24(12-14-25)19-4-2-1-3-18(19)23/h1-10H,11-15H2/b10-7+. The van der Waals surface area contributed by atoms with E-state index in [9.17, 15) is 18.4 Å². The van der Waals surface area contributed by atoms with Crippen LogP contribution in [0.5, 0.6) is 0 Å². The van der Waals surface area contributed by atoms with E-state index in [2.05, 4.69) is 0 Å². The first-order valence-electron chi connectivity index (χ1n) is 8.90. The summed E-state index contributed by atoms with van der Waals surface area (Å²) in [7, 11) is 0. The highest BCUT2D eigenvalue weighted by atomic mass is 19.1. The second-order valence-corrected chi connectivity index (χ2v) is 6.31. The zero-order valence-electron chi connectivity index (χ0n) is 15.2. The molecule has 1 heterocycles.